The quantitative estimate of drug-likeness (QED) is 0.282. The molecule has 1 aliphatic heterocycles. The minimum absolute atomic E-state index is 0.111. The maximum Gasteiger partial charge on any atom is 0.261 e. The maximum absolute atomic E-state index is 13.2. The molecule has 1 heterocycles. The summed E-state index contributed by atoms with van der Waals surface area (Å²) in [5, 5.41) is 0. The highest BCUT2D eigenvalue weighted by Crippen LogP contribution is 2.25. The Bertz CT molecular complexity index is 771. The number of rotatable bonds is 12. The van der Waals surface area contributed by atoms with Gasteiger partial charge >= 0.3 is 0 Å². The lowest BCUT2D eigenvalue weighted by atomic mass is 9.86. The second-order valence-electron chi connectivity index (χ2n) is 8.28. The molecule has 0 fully saturated rings. The van der Waals surface area contributed by atoms with Crippen LogP contribution in [-0.4, -0.2) is 71.1 Å². The van der Waals surface area contributed by atoms with E-state index in [1.165, 1.54) is 4.90 Å². The second-order valence-corrected chi connectivity index (χ2v) is 8.28. The van der Waals surface area contributed by atoms with Gasteiger partial charge in [-0.2, -0.15) is 0 Å². The van der Waals surface area contributed by atoms with Crippen LogP contribution < -0.4 is 0 Å². The molecule has 7 heteroatoms. The molecule has 32 heavy (non-hydrogen) atoms. The average molecular weight is 444 g/mol. The van der Waals surface area contributed by atoms with E-state index in [4.69, 9.17) is 0 Å². The number of hydrogen-bond donors (Lipinski definition) is 0. The molecule has 0 aromatic heterocycles. The van der Waals surface area contributed by atoms with Crippen LogP contribution in [0.2, 0.25) is 0 Å². The van der Waals surface area contributed by atoms with Crippen LogP contribution in [0.4, 0.5) is 0 Å². The first-order valence-electron chi connectivity index (χ1n) is 11.8. The van der Waals surface area contributed by atoms with E-state index < -0.39 is 5.92 Å². The Labute approximate surface area is 191 Å². The maximum atomic E-state index is 13.2. The number of imide groups is 1. The monoisotopic (exact) mass is 443 g/mol. The van der Waals surface area contributed by atoms with Crippen LogP contribution in [0, 0.1) is 11.8 Å². The Morgan fingerprint density at radius 3 is 1.66 bits per heavy atom. The lowest BCUT2D eigenvalue weighted by Gasteiger charge is -2.32. The molecule has 0 saturated heterocycles. The van der Waals surface area contributed by atoms with Crippen molar-refractivity contribution in [2.24, 2.45) is 11.8 Å². The Hall–Kier alpha value is -2.70. The van der Waals surface area contributed by atoms with Gasteiger partial charge in [0, 0.05) is 32.7 Å². The lowest BCUT2D eigenvalue weighted by molar-refractivity contribution is -0.149. The molecule has 1 aromatic carbocycles. The number of nitrogens with zero attached hydrogens (tertiary/aromatic N) is 3. The first-order chi connectivity index (χ1) is 15.3. The second kappa shape index (κ2) is 11.8. The van der Waals surface area contributed by atoms with Gasteiger partial charge in [0.1, 0.15) is 5.92 Å². The molecule has 1 atom stereocenters. The van der Waals surface area contributed by atoms with Crippen molar-refractivity contribution >= 4 is 23.6 Å². The molecule has 1 unspecified atom stereocenters. The van der Waals surface area contributed by atoms with E-state index in [1.807, 2.05) is 34.6 Å². The third-order valence-corrected chi connectivity index (χ3v) is 6.42. The van der Waals surface area contributed by atoms with Gasteiger partial charge in [-0.05, 0) is 58.6 Å². The van der Waals surface area contributed by atoms with Gasteiger partial charge < -0.3 is 9.80 Å². The average Bonchev–Trinajstić information content (AvgIpc) is 3.03. The van der Waals surface area contributed by atoms with E-state index in [9.17, 15) is 19.2 Å². The van der Waals surface area contributed by atoms with Gasteiger partial charge in [-0.1, -0.05) is 25.5 Å². The smallest absolute Gasteiger partial charge is 0.261 e. The topological polar surface area (TPSA) is 78.0 Å². The van der Waals surface area contributed by atoms with Gasteiger partial charge in [-0.3, -0.25) is 24.1 Å². The highest BCUT2D eigenvalue weighted by atomic mass is 16.2. The Kier molecular flexibility index (Phi) is 9.42. The molecule has 7 nitrogen and oxygen atoms in total. The van der Waals surface area contributed by atoms with Crippen LogP contribution in [0.15, 0.2) is 24.3 Å². The Morgan fingerprint density at radius 2 is 1.25 bits per heavy atom. The third kappa shape index (κ3) is 5.37. The van der Waals surface area contributed by atoms with Crippen molar-refractivity contribution in [3.05, 3.63) is 35.4 Å². The first kappa shape index (κ1) is 25.6. The molecule has 0 radical (unpaired) electrons. The summed E-state index contributed by atoms with van der Waals surface area (Å²) < 4.78 is 0. The summed E-state index contributed by atoms with van der Waals surface area (Å²) in [6, 6.07) is 6.88. The van der Waals surface area contributed by atoms with Gasteiger partial charge in [0.15, 0.2) is 0 Å². The predicted molar refractivity (Wildman–Crippen MR) is 124 cm³/mol. The lowest BCUT2D eigenvalue weighted by Crippen LogP contribution is -2.48. The van der Waals surface area contributed by atoms with E-state index in [1.54, 1.807) is 34.1 Å². The van der Waals surface area contributed by atoms with Gasteiger partial charge in [0.25, 0.3) is 11.8 Å². The van der Waals surface area contributed by atoms with Crippen LogP contribution in [0.25, 0.3) is 0 Å². The van der Waals surface area contributed by atoms with Gasteiger partial charge in [0.05, 0.1) is 11.1 Å². The number of carbonyl (C=O) groups is 4. The zero-order valence-corrected chi connectivity index (χ0v) is 20.1. The molecular weight excluding hydrogens is 406 g/mol. The van der Waals surface area contributed by atoms with Crippen molar-refractivity contribution in [2.75, 3.05) is 32.7 Å². The zero-order chi connectivity index (χ0) is 23.8. The predicted octanol–water partition coefficient (Wildman–Crippen LogP) is 3.44. The van der Waals surface area contributed by atoms with Crippen molar-refractivity contribution in [3.63, 3.8) is 0 Å². The molecule has 0 N–H and O–H groups in total. The van der Waals surface area contributed by atoms with Crippen molar-refractivity contribution < 1.29 is 19.2 Å². The Balaban J connectivity index is 2.00. The summed E-state index contributed by atoms with van der Waals surface area (Å²) in [6.45, 7) is 12.3. The molecule has 176 valence electrons. The van der Waals surface area contributed by atoms with Crippen LogP contribution in [-0.2, 0) is 9.59 Å². The number of carbonyl (C=O) groups excluding carboxylic acids is 4. The minimum atomic E-state index is -0.700. The summed E-state index contributed by atoms with van der Waals surface area (Å²) in [6.07, 6.45) is 2.04. The molecule has 1 aliphatic rings. The third-order valence-electron chi connectivity index (χ3n) is 6.42. The van der Waals surface area contributed by atoms with E-state index in [0.29, 0.717) is 56.7 Å². The summed E-state index contributed by atoms with van der Waals surface area (Å²) in [4.78, 5) is 56.1. The molecule has 2 rings (SSSR count). The van der Waals surface area contributed by atoms with Crippen LogP contribution >= 0.6 is 0 Å². The fraction of sp³-hybridized carbons (Fsp3) is 0.600. The Morgan fingerprint density at radius 1 is 0.812 bits per heavy atom. The van der Waals surface area contributed by atoms with Gasteiger partial charge in [-0.25, -0.2) is 0 Å². The largest absolute Gasteiger partial charge is 0.343 e. The van der Waals surface area contributed by atoms with E-state index >= 15 is 0 Å². The minimum Gasteiger partial charge on any atom is -0.343 e. The summed E-state index contributed by atoms with van der Waals surface area (Å²) in [5.74, 6) is -1.54. The fourth-order valence-electron chi connectivity index (χ4n) is 4.40. The van der Waals surface area contributed by atoms with E-state index in [0.717, 1.165) is 6.42 Å². The first-order valence-corrected chi connectivity index (χ1v) is 11.8. The fourth-order valence-corrected chi connectivity index (χ4v) is 4.40. The number of amides is 4. The molecule has 0 bridgehead atoms. The number of benzene rings is 1. The highest BCUT2D eigenvalue weighted by molar-refractivity contribution is 6.21. The SMILES string of the molecule is CCN(CC)C(=O)C(C(=O)N(CC)CC)C(C)CCCCN1C(=O)c2ccccc2C1=O. The summed E-state index contributed by atoms with van der Waals surface area (Å²) in [7, 11) is 0. The summed E-state index contributed by atoms with van der Waals surface area (Å²) >= 11 is 0. The van der Waals surface area contributed by atoms with Crippen LogP contribution in [0.3, 0.4) is 0 Å². The normalized spacial score (nSPS) is 14.0. The molecule has 1 aromatic rings. The summed E-state index contributed by atoms with van der Waals surface area (Å²) in [5.41, 5.74) is 0.918. The van der Waals surface area contributed by atoms with Gasteiger partial charge in [0.2, 0.25) is 11.8 Å². The van der Waals surface area contributed by atoms with Crippen LogP contribution in [0.5, 0.6) is 0 Å². The molecular formula is C25H37N3O4. The number of unbranched alkanes of at least 4 members (excludes halogenated alkanes) is 1. The molecule has 0 spiro atoms. The van der Waals surface area contributed by atoms with Crippen molar-refractivity contribution in [3.8, 4) is 0 Å². The van der Waals surface area contributed by atoms with E-state index in [2.05, 4.69) is 0 Å². The molecule has 4 amide bonds. The molecule has 0 aliphatic carbocycles. The standard InChI is InChI=1S/C25H37N3O4/c1-6-26(7-2)24(31)21(25(32)27(8-3)9-4)18(5)14-12-13-17-28-22(29)19-15-10-11-16-20(19)23(28)30/h10-11,15-16,18,21H,6-9,12-14,17H2,1-5H3. The van der Waals surface area contributed by atoms with Crippen molar-refractivity contribution in [1.82, 2.24) is 14.7 Å². The zero-order valence-electron chi connectivity index (χ0n) is 20.1. The van der Waals surface area contributed by atoms with Crippen LogP contribution in [0.1, 0.15) is 74.6 Å². The van der Waals surface area contributed by atoms with Crippen molar-refractivity contribution in [1.29, 1.82) is 0 Å². The highest BCUT2D eigenvalue weighted by Gasteiger charge is 2.37. The number of fused-ring (bicyclic) bond motifs is 1. The molecule has 0 saturated carbocycles. The van der Waals surface area contributed by atoms with Crippen molar-refractivity contribution in [2.45, 2.75) is 53.9 Å². The van der Waals surface area contributed by atoms with Gasteiger partial charge in [-0.15, -0.1) is 0 Å². The number of hydrogen-bond acceptors (Lipinski definition) is 4. The van der Waals surface area contributed by atoms with E-state index in [-0.39, 0.29) is 29.5 Å².